The van der Waals surface area contributed by atoms with E-state index in [-0.39, 0.29) is 24.8 Å². The standard InChI is InChI=1S/C14H18F2N4.2ClH/c1-19(2)12-5-3-11(4-6-12)9-17-10-13-7-8-18-20(13)14(15)16;;/h3-8,14,17H,9-10H2,1-2H3;2*1H. The zero-order valence-electron chi connectivity index (χ0n) is 12.4. The van der Waals surface area contributed by atoms with Gasteiger partial charge in [-0.05, 0) is 23.8 Å². The van der Waals surface area contributed by atoms with Gasteiger partial charge in [0.1, 0.15) is 0 Å². The monoisotopic (exact) mass is 352 g/mol. The molecular formula is C14H20Cl2F2N4. The van der Waals surface area contributed by atoms with Crippen molar-refractivity contribution >= 4 is 30.5 Å². The van der Waals surface area contributed by atoms with Gasteiger partial charge in [0.25, 0.3) is 0 Å². The Bertz CT molecular complexity index is 544. The van der Waals surface area contributed by atoms with Gasteiger partial charge in [-0.15, -0.1) is 24.8 Å². The minimum Gasteiger partial charge on any atom is -0.378 e. The minimum atomic E-state index is -2.60. The Kier molecular flexibility index (Phi) is 9.01. The molecule has 1 aromatic heterocycles. The Morgan fingerprint density at radius 3 is 2.27 bits per heavy atom. The largest absolute Gasteiger partial charge is 0.378 e. The van der Waals surface area contributed by atoms with Gasteiger partial charge in [0.05, 0.1) is 5.69 Å². The number of aromatic nitrogens is 2. The van der Waals surface area contributed by atoms with Crippen LogP contribution in [0.3, 0.4) is 0 Å². The molecule has 0 unspecified atom stereocenters. The smallest absolute Gasteiger partial charge is 0.333 e. The molecule has 0 radical (unpaired) electrons. The molecule has 22 heavy (non-hydrogen) atoms. The van der Waals surface area contributed by atoms with Crippen molar-refractivity contribution in [3.8, 4) is 0 Å². The summed E-state index contributed by atoms with van der Waals surface area (Å²) in [4.78, 5) is 2.03. The summed E-state index contributed by atoms with van der Waals surface area (Å²) in [6, 6.07) is 9.69. The Morgan fingerprint density at radius 1 is 1.09 bits per heavy atom. The van der Waals surface area contributed by atoms with Gasteiger partial charge in [-0.2, -0.15) is 13.9 Å². The maximum atomic E-state index is 12.6. The van der Waals surface area contributed by atoms with E-state index in [9.17, 15) is 8.78 Å². The van der Waals surface area contributed by atoms with E-state index in [0.717, 1.165) is 15.9 Å². The van der Waals surface area contributed by atoms with Gasteiger partial charge in [0.15, 0.2) is 0 Å². The van der Waals surface area contributed by atoms with E-state index in [1.165, 1.54) is 6.20 Å². The van der Waals surface area contributed by atoms with Gasteiger partial charge in [-0.3, -0.25) is 0 Å². The summed E-state index contributed by atoms with van der Waals surface area (Å²) in [7, 11) is 3.97. The SMILES string of the molecule is CN(C)c1ccc(CNCc2ccnn2C(F)F)cc1.Cl.Cl. The first-order valence-electron chi connectivity index (χ1n) is 6.35. The Hall–Kier alpha value is -1.37. The fraction of sp³-hybridized carbons (Fsp3) is 0.357. The van der Waals surface area contributed by atoms with E-state index in [1.54, 1.807) is 6.07 Å². The number of nitrogens with one attached hydrogen (secondary N) is 1. The van der Waals surface area contributed by atoms with E-state index >= 15 is 0 Å². The second kappa shape index (κ2) is 9.61. The number of hydrogen-bond acceptors (Lipinski definition) is 3. The molecule has 4 nitrogen and oxygen atoms in total. The van der Waals surface area contributed by atoms with Crippen LogP contribution in [0.1, 0.15) is 17.8 Å². The van der Waals surface area contributed by atoms with E-state index in [4.69, 9.17) is 0 Å². The molecule has 0 aliphatic rings. The molecule has 124 valence electrons. The lowest BCUT2D eigenvalue weighted by molar-refractivity contribution is 0.0531. The van der Waals surface area contributed by atoms with Gasteiger partial charge in [0.2, 0.25) is 0 Å². The lowest BCUT2D eigenvalue weighted by Gasteiger charge is -2.13. The van der Waals surface area contributed by atoms with Gasteiger partial charge in [-0.25, -0.2) is 4.68 Å². The molecule has 2 rings (SSSR count). The highest BCUT2D eigenvalue weighted by Crippen LogP contribution is 2.13. The molecule has 0 spiro atoms. The second-order valence-electron chi connectivity index (χ2n) is 4.71. The maximum absolute atomic E-state index is 12.6. The second-order valence-corrected chi connectivity index (χ2v) is 4.71. The third kappa shape index (κ3) is 5.44. The van der Waals surface area contributed by atoms with Gasteiger partial charge in [0, 0.05) is 39.1 Å². The first kappa shape index (κ1) is 20.6. The van der Waals surface area contributed by atoms with Crippen LogP contribution in [-0.2, 0) is 13.1 Å². The number of nitrogens with zero attached hydrogens (tertiary/aromatic N) is 3. The van der Waals surface area contributed by atoms with Crippen molar-refractivity contribution < 1.29 is 8.78 Å². The summed E-state index contributed by atoms with van der Waals surface area (Å²) < 4.78 is 25.9. The molecule has 0 aliphatic heterocycles. The van der Waals surface area contributed by atoms with Crippen LogP contribution in [0.5, 0.6) is 0 Å². The highest BCUT2D eigenvalue weighted by atomic mass is 35.5. The van der Waals surface area contributed by atoms with Crippen LogP contribution in [0.15, 0.2) is 36.5 Å². The molecular weight excluding hydrogens is 333 g/mol. The molecule has 1 heterocycles. The molecule has 0 bridgehead atoms. The van der Waals surface area contributed by atoms with Crippen molar-refractivity contribution in [2.75, 3.05) is 19.0 Å². The van der Waals surface area contributed by atoms with Crippen LogP contribution < -0.4 is 10.2 Å². The van der Waals surface area contributed by atoms with E-state index < -0.39 is 6.55 Å². The van der Waals surface area contributed by atoms with E-state index in [1.807, 2.05) is 43.3 Å². The van der Waals surface area contributed by atoms with E-state index in [0.29, 0.717) is 18.8 Å². The number of halogens is 4. The van der Waals surface area contributed by atoms with Crippen LogP contribution in [0.4, 0.5) is 14.5 Å². The summed E-state index contributed by atoms with van der Waals surface area (Å²) in [5.74, 6) is 0. The number of hydrogen-bond donors (Lipinski definition) is 1. The highest BCUT2D eigenvalue weighted by Gasteiger charge is 2.10. The molecule has 0 fully saturated rings. The van der Waals surface area contributed by atoms with Crippen molar-refractivity contribution in [3.05, 3.63) is 47.8 Å². The van der Waals surface area contributed by atoms with Crippen LogP contribution in [-0.4, -0.2) is 23.9 Å². The third-order valence-electron chi connectivity index (χ3n) is 3.03. The normalized spacial score (nSPS) is 10.0. The van der Waals surface area contributed by atoms with Gasteiger partial charge >= 0.3 is 6.55 Å². The van der Waals surface area contributed by atoms with Crippen molar-refractivity contribution in [2.24, 2.45) is 0 Å². The molecule has 0 amide bonds. The summed E-state index contributed by atoms with van der Waals surface area (Å²) in [5, 5.41) is 6.73. The Balaban J connectivity index is 0.00000220. The first-order valence-corrected chi connectivity index (χ1v) is 6.35. The fourth-order valence-corrected chi connectivity index (χ4v) is 1.90. The van der Waals surface area contributed by atoms with Crippen LogP contribution in [0.25, 0.3) is 0 Å². The molecule has 0 saturated carbocycles. The molecule has 0 aliphatic carbocycles. The summed E-state index contributed by atoms with van der Waals surface area (Å²) in [5.41, 5.74) is 2.72. The lowest BCUT2D eigenvalue weighted by atomic mass is 10.2. The van der Waals surface area contributed by atoms with Crippen LogP contribution >= 0.6 is 24.8 Å². The van der Waals surface area contributed by atoms with E-state index in [2.05, 4.69) is 10.4 Å². The summed E-state index contributed by atoms with van der Waals surface area (Å²) >= 11 is 0. The predicted octanol–water partition coefficient (Wildman–Crippen LogP) is 3.48. The third-order valence-corrected chi connectivity index (χ3v) is 3.03. The molecule has 2 aromatic rings. The zero-order chi connectivity index (χ0) is 14.5. The Labute approximate surface area is 141 Å². The van der Waals surface area contributed by atoms with Gasteiger partial charge in [-0.1, -0.05) is 12.1 Å². The zero-order valence-corrected chi connectivity index (χ0v) is 14.0. The van der Waals surface area contributed by atoms with Gasteiger partial charge < -0.3 is 10.2 Å². The topological polar surface area (TPSA) is 33.1 Å². The van der Waals surface area contributed by atoms with Crippen LogP contribution in [0.2, 0.25) is 0 Å². The number of anilines is 1. The molecule has 1 N–H and O–H groups in total. The van der Waals surface area contributed by atoms with Crippen molar-refractivity contribution in [3.63, 3.8) is 0 Å². The molecule has 8 heteroatoms. The summed E-state index contributed by atoms with van der Waals surface area (Å²) in [6.45, 7) is -1.61. The summed E-state index contributed by atoms with van der Waals surface area (Å²) in [6.07, 6.45) is 1.38. The van der Waals surface area contributed by atoms with Crippen LogP contribution in [0, 0.1) is 0 Å². The number of rotatable bonds is 6. The predicted molar refractivity (Wildman–Crippen MR) is 89.3 cm³/mol. The minimum absolute atomic E-state index is 0. The number of alkyl halides is 2. The molecule has 1 aromatic carbocycles. The molecule has 0 atom stereocenters. The average molecular weight is 353 g/mol. The fourth-order valence-electron chi connectivity index (χ4n) is 1.90. The van der Waals surface area contributed by atoms with Crippen molar-refractivity contribution in [2.45, 2.75) is 19.6 Å². The maximum Gasteiger partial charge on any atom is 0.333 e. The number of benzene rings is 1. The molecule has 0 saturated heterocycles. The average Bonchev–Trinajstić information content (AvgIpc) is 2.88. The quantitative estimate of drug-likeness (QED) is 0.863. The first-order chi connectivity index (χ1) is 9.58. The Morgan fingerprint density at radius 2 is 1.73 bits per heavy atom. The highest BCUT2D eigenvalue weighted by molar-refractivity contribution is 5.85. The van der Waals surface area contributed by atoms with Crippen molar-refractivity contribution in [1.29, 1.82) is 0 Å². The van der Waals surface area contributed by atoms with Crippen molar-refractivity contribution in [1.82, 2.24) is 15.1 Å². The lowest BCUT2D eigenvalue weighted by Crippen LogP contribution is -2.17.